The molecule has 0 radical (unpaired) electrons. The summed E-state index contributed by atoms with van der Waals surface area (Å²) in [7, 11) is 0. The normalized spacial score (nSPS) is 12.2. The second-order valence-corrected chi connectivity index (χ2v) is 11.0. The van der Waals surface area contributed by atoms with Crippen molar-refractivity contribution in [3.8, 4) is 0 Å². The standard InChI is InChI=1S/C36H47N5/c1-9-21-22(10-2)34-32(37)36-24(12-4)23(11-3)35(41(36)16-8)27(15-7)31-20-18-29(39-31)25(13-5)28-17-19-30(38-28)26(14-6)33(21)40-34/h17-20,37-38,40H,9-16H2,1-8H3. The molecule has 0 aliphatic carbocycles. The maximum absolute atomic E-state index is 9.82. The molecule has 5 heteroatoms. The number of nitrogens with one attached hydrogen (secondary N) is 3. The number of hydrogen-bond acceptors (Lipinski definition) is 2. The number of aromatic amines is 2. The van der Waals surface area contributed by atoms with E-state index in [2.05, 4.69) is 94.2 Å². The van der Waals surface area contributed by atoms with Crippen molar-refractivity contribution in [2.45, 2.75) is 107 Å². The predicted octanol–water partition coefficient (Wildman–Crippen LogP) is 8.61. The monoisotopic (exact) mass is 549 g/mol. The number of aryl methyl sites for hydroxylation is 8. The molecule has 8 bridgehead atoms. The van der Waals surface area contributed by atoms with Gasteiger partial charge in [0.15, 0.2) is 0 Å². The van der Waals surface area contributed by atoms with Gasteiger partial charge in [0.2, 0.25) is 0 Å². The van der Waals surface area contributed by atoms with Gasteiger partial charge in [-0.25, -0.2) is 4.98 Å². The molecular weight excluding hydrogens is 502 g/mol. The van der Waals surface area contributed by atoms with Crippen molar-refractivity contribution in [2.75, 3.05) is 0 Å². The molecule has 3 N–H and O–H groups in total. The summed E-state index contributed by atoms with van der Waals surface area (Å²) in [6, 6.07) is 4.44. The lowest BCUT2D eigenvalue weighted by atomic mass is 10.0. The van der Waals surface area contributed by atoms with Crippen LogP contribution < -0.4 is 5.36 Å². The van der Waals surface area contributed by atoms with E-state index in [0.717, 1.165) is 84.9 Å². The fraction of sp³-hybridized carbons (Fsp3) is 0.444. The summed E-state index contributed by atoms with van der Waals surface area (Å²) < 4.78 is 2.43. The highest BCUT2D eigenvalue weighted by Crippen LogP contribution is 2.32. The fourth-order valence-electron chi connectivity index (χ4n) is 7.31. The third-order valence-corrected chi connectivity index (χ3v) is 9.15. The largest absolute Gasteiger partial charge is 0.355 e. The molecule has 5 heterocycles. The zero-order valence-electron chi connectivity index (χ0n) is 26.4. The SMILES string of the molecule is CCc1c2nc(c(CC)c3c(CC)c(CC)c(c(=N)c4[nH]c(c(CC)c4CC)c(CC)c4ccc1[nH]4)n3CC)C=C2. The number of fused-ring (bicyclic) bond motifs is 8. The van der Waals surface area contributed by atoms with Gasteiger partial charge in [0.1, 0.15) is 5.36 Å². The molecule has 0 aromatic carbocycles. The summed E-state index contributed by atoms with van der Waals surface area (Å²) in [5.74, 6) is 0. The third-order valence-electron chi connectivity index (χ3n) is 9.15. The average Bonchev–Trinajstić information content (AvgIpc) is 3.78. The van der Waals surface area contributed by atoms with Gasteiger partial charge in [-0.3, -0.25) is 5.41 Å². The molecule has 0 fully saturated rings. The molecule has 1 aliphatic rings. The first-order valence-corrected chi connectivity index (χ1v) is 15.9. The van der Waals surface area contributed by atoms with E-state index in [4.69, 9.17) is 4.98 Å². The van der Waals surface area contributed by atoms with E-state index in [1.807, 2.05) is 0 Å². The first-order chi connectivity index (χ1) is 19.9. The first kappa shape index (κ1) is 28.9. The quantitative estimate of drug-likeness (QED) is 0.178. The molecule has 5 nitrogen and oxygen atoms in total. The van der Waals surface area contributed by atoms with Crippen molar-refractivity contribution in [1.82, 2.24) is 19.5 Å². The number of aromatic nitrogens is 4. The lowest BCUT2D eigenvalue weighted by molar-refractivity contribution is 0.811. The summed E-state index contributed by atoms with van der Waals surface area (Å²) in [4.78, 5) is 12.9. The van der Waals surface area contributed by atoms with Crippen LogP contribution in [0, 0.1) is 5.41 Å². The molecule has 0 saturated carbocycles. The molecule has 41 heavy (non-hydrogen) atoms. The Morgan fingerprint density at radius 2 is 1.05 bits per heavy atom. The first-order valence-electron chi connectivity index (χ1n) is 15.9. The molecule has 4 aromatic rings. The van der Waals surface area contributed by atoms with Crippen LogP contribution in [0.15, 0.2) is 12.1 Å². The highest BCUT2D eigenvalue weighted by Gasteiger charge is 2.21. The molecule has 0 saturated heterocycles. The van der Waals surface area contributed by atoms with Crippen LogP contribution in [0.25, 0.3) is 45.3 Å². The van der Waals surface area contributed by atoms with Gasteiger partial charge in [0, 0.05) is 34.2 Å². The molecule has 5 rings (SSSR count). The van der Waals surface area contributed by atoms with Gasteiger partial charge in [0.25, 0.3) is 0 Å². The molecule has 216 valence electrons. The Bertz CT molecular complexity index is 1840. The van der Waals surface area contributed by atoms with Gasteiger partial charge in [-0.05, 0) is 104 Å². The fourth-order valence-corrected chi connectivity index (χ4v) is 7.31. The van der Waals surface area contributed by atoms with Gasteiger partial charge < -0.3 is 14.5 Å². The van der Waals surface area contributed by atoms with Crippen molar-refractivity contribution in [3.63, 3.8) is 0 Å². The van der Waals surface area contributed by atoms with Gasteiger partial charge in [0.05, 0.1) is 27.9 Å². The lowest BCUT2D eigenvalue weighted by Gasteiger charge is -2.09. The van der Waals surface area contributed by atoms with E-state index in [-0.39, 0.29) is 0 Å². The van der Waals surface area contributed by atoms with Crippen molar-refractivity contribution in [1.29, 1.82) is 5.41 Å². The Balaban J connectivity index is 2.21. The van der Waals surface area contributed by atoms with Crippen LogP contribution in [0.3, 0.4) is 0 Å². The third kappa shape index (κ3) is 4.45. The molecular formula is C36H47N5. The van der Waals surface area contributed by atoms with E-state index in [9.17, 15) is 5.41 Å². The molecule has 0 amide bonds. The molecule has 0 spiro atoms. The number of H-pyrrole nitrogens is 2. The van der Waals surface area contributed by atoms with Gasteiger partial charge in [-0.2, -0.15) is 0 Å². The van der Waals surface area contributed by atoms with Gasteiger partial charge in [-0.1, -0.05) is 48.5 Å². The minimum absolute atomic E-state index is 0.616. The van der Waals surface area contributed by atoms with Crippen LogP contribution in [0.1, 0.15) is 106 Å². The maximum atomic E-state index is 9.82. The van der Waals surface area contributed by atoms with Gasteiger partial charge in [-0.15, -0.1) is 0 Å². The van der Waals surface area contributed by atoms with E-state index in [0.29, 0.717) is 5.36 Å². The molecule has 0 unspecified atom stereocenters. The van der Waals surface area contributed by atoms with Crippen molar-refractivity contribution < 1.29 is 0 Å². The summed E-state index contributed by atoms with van der Waals surface area (Å²) >= 11 is 0. The summed E-state index contributed by atoms with van der Waals surface area (Å²) in [5, 5.41) is 10.4. The minimum Gasteiger partial charge on any atom is -0.355 e. The van der Waals surface area contributed by atoms with Crippen LogP contribution in [-0.2, 0) is 51.5 Å². The number of rotatable bonds is 8. The second kappa shape index (κ2) is 11.7. The van der Waals surface area contributed by atoms with Crippen LogP contribution in [0.2, 0.25) is 0 Å². The van der Waals surface area contributed by atoms with E-state index < -0.39 is 0 Å². The molecule has 0 atom stereocenters. The Morgan fingerprint density at radius 1 is 0.561 bits per heavy atom. The molecule has 4 aromatic heterocycles. The predicted molar refractivity (Wildman–Crippen MR) is 176 cm³/mol. The Hall–Kier alpha value is -3.60. The Labute approximate surface area is 244 Å². The number of nitrogens with zero attached hydrogens (tertiary/aromatic N) is 2. The lowest BCUT2D eigenvalue weighted by Crippen LogP contribution is -2.10. The summed E-state index contributed by atoms with van der Waals surface area (Å²) in [6.07, 6.45) is 10.8. The summed E-state index contributed by atoms with van der Waals surface area (Å²) in [6.45, 7) is 18.7. The second-order valence-electron chi connectivity index (χ2n) is 11.0. The van der Waals surface area contributed by atoms with Gasteiger partial charge >= 0.3 is 0 Å². The van der Waals surface area contributed by atoms with E-state index in [1.54, 1.807) is 0 Å². The van der Waals surface area contributed by atoms with Crippen LogP contribution >= 0.6 is 0 Å². The van der Waals surface area contributed by atoms with Crippen LogP contribution in [0.5, 0.6) is 0 Å². The van der Waals surface area contributed by atoms with E-state index >= 15 is 0 Å². The smallest absolute Gasteiger partial charge is 0.102 e. The highest BCUT2D eigenvalue weighted by molar-refractivity contribution is 5.86. The van der Waals surface area contributed by atoms with Crippen LogP contribution in [0.4, 0.5) is 0 Å². The Morgan fingerprint density at radius 3 is 1.59 bits per heavy atom. The average molecular weight is 550 g/mol. The summed E-state index contributed by atoms with van der Waals surface area (Å²) in [5.41, 5.74) is 18.0. The zero-order chi connectivity index (χ0) is 29.4. The highest BCUT2D eigenvalue weighted by atomic mass is 15.0. The zero-order valence-corrected chi connectivity index (χ0v) is 26.4. The molecule has 1 aliphatic heterocycles. The van der Waals surface area contributed by atoms with Crippen molar-refractivity contribution in [2.24, 2.45) is 0 Å². The van der Waals surface area contributed by atoms with E-state index in [1.165, 1.54) is 50.0 Å². The topological polar surface area (TPSA) is 73.2 Å². The van der Waals surface area contributed by atoms with Crippen molar-refractivity contribution in [3.05, 3.63) is 67.8 Å². The Kier molecular flexibility index (Phi) is 8.26. The minimum atomic E-state index is 0.616. The van der Waals surface area contributed by atoms with Crippen LogP contribution in [-0.4, -0.2) is 19.5 Å². The number of hydrogen-bond donors (Lipinski definition) is 3. The van der Waals surface area contributed by atoms with Crippen molar-refractivity contribution >= 4 is 45.3 Å². The maximum Gasteiger partial charge on any atom is 0.102 e.